The molecule has 0 unspecified atom stereocenters. The second-order valence-electron chi connectivity index (χ2n) is 4.95. The van der Waals surface area contributed by atoms with Gasteiger partial charge in [0.15, 0.2) is 0 Å². The fourth-order valence-electron chi connectivity index (χ4n) is 2.35. The molecular weight excluding hydrogens is 286 g/mol. The molecule has 2 N–H and O–H groups in total. The standard InChI is InChI=1S/C15H12ClN5/c1-9-5-6-13-12(7-9)18-15-19-14(20-21(13)15)17-11-4-2-3-10(16)8-11/h2-8H,1H3,(H2,17,18,19,20). The first-order valence-electron chi connectivity index (χ1n) is 6.56. The quantitative estimate of drug-likeness (QED) is 0.589. The fourth-order valence-corrected chi connectivity index (χ4v) is 2.54. The highest BCUT2D eigenvalue weighted by atomic mass is 35.5. The number of aromatic nitrogens is 4. The summed E-state index contributed by atoms with van der Waals surface area (Å²) < 4.78 is 1.86. The molecule has 0 atom stereocenters. The van der Waals surface area contributed by atoms with Crippen LogP contribution in [0.5, 0.6) is 0 Å². The summed E-state index contributed by atoms with van der Waals surface area (Å²) in [7, 11) is 0. The van der Waals surface area contributed by atoms with E-state index in [0.29, 0.717) is 16.7 Å². The van der Waals surface area contributed by atoms with E-state index in [1.165, 1.54) is 5.56 Å². The van der Waals surface area contributed by atoms with Crippen LogP contribution >= 0.6 is 11.6 Å². The lowest BCUT2D eigenvalue weighted by Gasteiger charge is -2.02. The van der Waals surface area contributed by atoms with Crippen LogP contribution in [-0.2, 0) is 0 Å². The zero-order valence-electron chi connectivity index (χ0n) is 11.3. The van der Waals surface area contributed by atoms with Crippen LogP contribution in [0.1, 0.15) is 5.56 Å². The average Bonchev–Trinajstić information content (AvgIpc) is 2.95. The number of benzene rings is 2. The zero-order chi connectivity index (χ0) is 14.4. The minimum absolute atomic E-state index is 0.627. The van der Waals surface area contributed by atoms with E-state index in [9.17, 15) is 0 Å². The van der Waals surface area contributed by atoms with Crippen LogP contribution in [0.25, 0.3) is 16.8 Å². The lowest BCUT2D eigenvalue weighted by atomic mass is 10.2. The Balaban J connectivity index is 1.77. The van der Waals surface area contributed by atoms with Gasteiger partial charge in [0.2, 0.25) is 5.95 Å². The van der Waals surface area contributed by atoms with Crippen LogP contribution in [-0.4, -0.2) is 19.6 Å². The highest BCUT2D eigenvalue weighted by Gasteiger charge is 2.09. The van der Waals surface area contributed by atoms with Crippen LogP contribution in [0.2, 0.25) is 5.02 Å². The molecule has 0 radical (unpaired) electrons. The summed E-state index contributed by atoms with van der Waals surface area (Å²) in [6.07, 6.45) is 0. The molecule has 0 fully saturated rings. The number of rotatable bonds is 2. The van der Waals surface area contributed by atoms with Crippen molar-refractivity contribution in [1.82, 2.24) is 19.6 Å². The highest BCUT2D eigenvalue weighted by Crippen LogP contribution is 2.21. The van der Waals surface area contributed by atoms with E-state index in [1.54, 1.807) is 0 Å². The number of anilines is 2. The van der Waals surface area contributed by atoms with Crippen molar-refractivity contribution in [2.24, 2.45) is 0 Å². The van der Waals surface area contributed by atoms with Crippen molar-refractivity contribution in [3.05, 3.63) is 53.1 Å². The van der Waals surface area contributed by atoms with Crippen molar-refractivity contribution in [2.75, 3.05) is 5.32 Å². The maximum atomic E-state index is 5.97. The van der Waals surface area contributed by atoms with E-state index < -0.39 is 0 Å². The number of hydrogen-bond acceptors (Lipinski definition) is 3. The molecule has 4 rings (SSSR count). The van der Waals surface area contributed by atoms with Gasteiger partial charge in [-0.1, -0.05) is 23.7 Å². The van der Waals surface area contributed by atoms with Crippen LogP contribution in [0.15, 0.2) is 42.5 Å². The molecule has 0 aliphatic carbocycles. The van der Waals surface area contributed by atoms with E-state index >= 15 is 0 Å². The number of aryl methyl sites for hydroxylation is 1. The molecule has 4 aromatic rings. The molecule has 2 heterocycles. The van der Waals surface area contributed by atoms with Gasteiger partial charge in [-0.3, -0.25) is 5.10 Å². The molecule has 21 heavy (non-hydrogen) atoms. The molecule has 2 aromatic carbocycles. The molecule has 5 nitrogen and oxygen atoms in total. The normalized spacial score (nSPS) is 11.3. The Kier molecular flexibility index (Phi) is 2.62. The summed E-state index contributed by atoms with van der Waals surface area (Å²) in [6, 6.07) is 13.6. The number of H-pyrrole nitrogens is 1. The maximum Gasteiger partial charge on any atom is 0.253 e. The van der Waals surface area contributed by atoms with Crippen LogP contribution in [0.3, 0.4) is 0 Å². The topological polar surface area (TPSA) is 58.0 Å². The predicted octanol–water partition coefficient (Wildman–Crippen LogP) is 3.92. The van der Waals surface area contributed by atoms with Crippen LogP contribution in [0, 0.1) is 6.92 Å². The molecule has 2 aromatic heterocycles. The Morgan fingerprint density at radius 1 is 1.14 bits per heavy atom. The Morgan fingerprint density at radius 3 is 2.90 bits per heavy atom. The van der Waals surface area contributed by atoms with Crippen LogP contribution in [0.4, 0.5) is 11.6 Å². The van der Waals surface area contributed by atoms with Gasteiger partial charge in [-0.2, -0.15) is 4.98 Å². The second kappa shape index (κ2) is 4.49. The Labute approximate surface area is 125 Å². The number of hydrogen-bond donors (Lipinski definition) is 2. The molecule has 0 amide bonds. The van der Waals surface area contributed by atoms with Crippen LogP contribution < -0.4 is 5.32 Å². The number of aromatic amines is 1. The number of imidazole rings is 1. The smallest absolute Gasteiger partial charge is 0.253 e. The number of nitrogens with one attached hydrogen (secondary N) is 2. The Morgan fingerprint density at radius 2 is 2.05 bits per heavy atom. The highest BCUT2D eigenvalue weighted by molar-refractivity contribution is 6.30. The average molecular weight is 298 g/mol. The van der Waals surface area contributed by atoms with Gasteiger partial charge in [0.05, 0.1) is 11.0 Å². The fraction of sp³-hybridized carbons (Fsp3) is 0.0667. The second-order valence-corrected chi connectivity index (χ2v) is 5.38. The molecule has 0 saturated carbocycles. The van der Waals surface area contributed by atoms with Gasteiger partial charge in [-0.25, -0.2) is 9.50 Å². The van der Waals surface area contributed by atoms with Gasteiger partial charge in [0.25, 0.3) is 5.78 Å². The maximum absolute atomic E-state index is 5.97. The van der Waals surface area contributed by atoms with Crippen molar-refractivity contribution in [2.45, 2.75) is 6.92 Å². The first-order valence-corrected chi connectivity index (χ1v) is 6.94. The molecule has 0 aliphatic heterocycles. The lowest BCUT2D eigenvalue weighted by molar-refractivity contribution is 1.01. The summed E-state index contributed by atoms with van der Waals surface area (Å²) in [5.41, 5.74) is 3.99. The SMILES string of the molecule is Cc1ccc2c(c1)nc1nc(Nc3cccc(Cl)c3)[nH]n12. The monoisotopic (exact) mass is 297 g/mol. The zero-order valence-corrected chi connectivity index (χ0v) is 12.0. The van der Waals surface area contributed by atoms with E-state index in [4.69, 9.17) is 11.6 Å². The summed E-state index contributed by atoms with van der Waals surface area (Å²) in [4.78, 5) is 8.96. The molecule has 0 spiro atoms. The molecular formula is C15H12ClN5. The molecule has 104 valence electrons. The third-order valence-corrected chi connectivity index (χ3v) is 3.54. The van der Waals surface area contributed by atoms with E-state index in [0.717, 1.165) is 16.7 Å². The number of fused-ring (bicyclic) bond motifs is 3. The summed E-state index contributed by atoms with van der Waals surface area (Å²) in [6.45, 7) is 2.05. The molecule has 0 bridgehead atoms. The minimum Gasteiger partial charge on any atom is -0.324 e. The Bertz CT molecular complexity index is 953. The van der Waals surface area contributed by atoms with Gasteiger partial charge in [0, 0.05) is 10.7 Å². The third kappa shape index (κ3) is 2.11. The third-order valence-electron chi connectivity index (χ3n) is 3.31. The van der Waals surface area contributed by atoms with Crippen molar-refractivity contribution in [3.8, 4) is 0 Å². The van der Waals surface area contributed by atoms with Crippen molar-refractivity contribution < 1.29 is 0 Å². The van der Waals surface area contributed by atoms with Gasteiger partial charge in [-0.15, -0.1) is 0 Å². The van der Waals surface area contributed by atoms with E-state index in [2.05, 4.69) is 26.4 Å². The number of halogens is 1. The van der Waals surface area contributed by atoms with Gasteiger partial charge in [-0.05, 0) is 42.8 Å². The summed E-state index contributed by atoms with van der Waals surface area (Å²) in [5.74, 6) is 1.27. The van der Waals surface area contributed by atoms with Crippen molar-refractivity contribution in [3.63, 3.8) is 0 Å². The molecule has 0 aliphatic rings. The largest absolute Gasteiger partial charge is 0.324 e. The van der Waals surface area contributed by atoms with Crippen molar-refractivity contribution in [1.29, 1.82) is 0 Å². The minimum atomic E-state index is 0.627. The Hall–Kier alpha value is -2.53. The molecule has 0 saturated heterocycles. The van der Waals surface area contributed by atoms with Gasteiger partial charge in [0.1, 0.15) is 0 Å². The first kappa shape index (κ1) is 12.2. The molecule has 6 heteroatoms. The number of nitrogens with zero attached hydrogens (tertiary/aromatic N) is 3. The van der Waals surface area contributed by atoms with E-state index in [1.807, 2.05) is 47.8 Å². The first-order chi connectivity index (χ1) is 10.2. The predicted molar refractivity (Wildman–Crippen MR) is 84.3 cm³/mol. The van der Waals surface area contributed by atoms with E-state index in [-0.39, 0.29) is 0 Å². The van der Waals surface area contributed by atoms with Gasteiger partial charge < -0.3 is 5.32 Å². The van der Waals surface area contributed by atoms with Crippen molar-refractivity contribution >= 4 is 40.0 Å². The summed E-state index contributed by atoms with van der Waals surface area (Å²) in [5, 5.41) is 7.06. The van der Waals surface area contributed by atoms with Gasteiger partial charge >= 0.3 is 0 Å². The summed E-state index contributed by atoms with van der Waals surface area (Å²) >= 11 is 5.97. The lowest BCUT2D eigenvalue weighted by Crippen LogP contribution is -1.93.